The summed E-state index contributed by atoms with van der Waals surface area (Å²) in [5.41, 5.74) is -1.08. The molecule has 0 aromatic heterocycles. The van der Waals surface area contributed by atoms with Crippen molar-refractivity contribution in [2.75, 3.05) is 14.1 Å². The van der Waals surface area contributed by atoms with Gasteiger partial charge in [-0.2, -0.15) is 0 Å². The third-order valence-electron chi connectivity index (χ3n) is 3.09. The Morgan fingerprint density at radius 1 is 1.24 bits per heavy atom. The van der Waals surface area contributed by atoms with E-state index in [9.17, 15) is 22.4 Å². The second-order valence-corrected chi connectivity index (χ2v) is 8.87. The molecule has 1 N–H and O–H groups in total. The van der Waals surface area contributed by atoms with Crippen molar-refractivity contribution in [2.45, 2.75) is 44.2 Å². The lowest BCUT2D eigenvalue weighted by molar-refractivity contribution is -0.130. The molecule has 0 aliphatic carbocycles. The predicted octanol–water partition coefficient (Wildman–Crippen LogP) is 1.54. The molecule has 1 rings (SSSR count). The summed E-state index contributed by atoms with van der Waals surface area (Å²) in [5.74, 6) is -2.60. The molecular weight excluding hydrogens is 351 g/mol. The first-order valence-corrected chi connectivity index (χ1v) is 8.95. The molecule has 1 aromatic carbocycles. The summed E-state index contributed by atoms with van der Waals surface area (Å²) in [5, 5.41) is 2.63. The van der Waals surface area contributed by atoms with Crippen LogP contribution in [0.15, 0.2) is 23.1 Å². The van der Waals surface area contributed by atoms with Crippen molar-refractivity contribution in [3.63, 3.8) is 0 Å². The Morgan fingerprint density at radius 2 is 1.80 bits per heavy atom. The zero-order valence-corrected chi connectivity index (χ0v) is 15.9. The Hall–Kier alpha value is -2.00. The monoisotopic (exact) mass is 374 g/mol. The number of carbonyl (C=O) groups is 2. The smallest absolute Gasteiger partial charge is 0.341 e. The maximum Gasteiger partial charge on any atom is 0.341 e. The average molecular weight is 374 g/mol. The van der Waals surface area contributed by atoms with Gasteiger partial charge in [-0.05, 0) is 45.9 Å². The third-order valence-corrected chi connectivity index (χ3v) is 4.90. The Bertz CT molecular complexity index is 769. The molecule has 0 aliphatic heterocycles. The number of carbonyl (C=O) groups excluding carboxylic acids is 2. The minimum atomic E-state index is -3.84. The quantitative estimate of drug-likeness (QED) is 0.789. The number of benzene rings is 1. The number of esters is 1. The van der Waals surface area contributed by atoms with E-state index >= 15 is 0 Å². The molecule has 1 amide bonds. The van der Waals surface area contributed by atoms with E-state index in [4.69, 9.17) is 4.74 Å². The number of hydrogen-bond donors (Lipinski definition) is 1. The van der Waals surface area contributed by atoms with Crippen LogP contribution < -0.4 is 5.32 Å². The largest absolute Gasteiger partial charge is 0.449 e. The van der Waals surface area contributed by atoms with Gasteiger partial charge >= 0.3 is 5.97 Å². The highest BCUT2D eigenvalue weighted by atomic mass is 32.2. The molecule has 1 aromatic rings. The van der Waals surface area contributed by atoms with Gasteiger partial charge in [-0.15, -0.1) is 0 Å². The van der Waals surface area contributed by atoms with E-state index in [1.54, 1.807) is 20.8 Å². The van der Waals surface area contributed by atoms with Crippen molar-refractivity contribution in [1.29, 1.82) is 0 Å². The first-order valence-electron chi connectivity index (χ1n) is 7.51. The van der Waals surface area contributed by atoms with Gasteiger partial charge in [0.1, 0.15) is 5.82 Å². The number of halogens is 1. The van der Waals surface area contributed by atoms with Crippen LogP contribution in [0.1, 0.15) is 38.1 Å². The standard InChI is InChI=1S/C16H23FN2O5S/c1-10(14(20)18-16(2,3)4)24-15(21)12-9-11(7-8-13(12)17)25(22,23)19(5)6/h7-10H,1-6H3,(H,18,20)/t10-/m0/s1. The lowest BCUT2D eigenvalue weighted by Crippen LogP contribution is -2.46. The van der Waals surface area contributed by atoms with Gasteiger partial charge in [0, 0.05) is 19.6 Å². The highest BCUT2D eigenvalue weighted by Crippen LogP contribution is 2.19. The third kappa shape index (κ3) is 5.50. The van der Waals surface area contributed by atoms with Crippen LogP contribution in [0.25, 0.3) is 0 Å². The maximum absolute atomic E-state index is 13.9. The number of ether oxygens (including phenoxy) is 1. The van der Waals surface area contributed by atoms with Gasteiger partial charge in [-0.1, -0.05) is 0 Å². The molecule has 140 valence electrons. The molecule has 0 aliphatic rings. The van der Waals surface area contributed by atoms with Gasteiger partial charge in [-0.25, -0.2) is 21.9 Å². The van der Waals surface area contributed by atoms with Crippen LogP contribution in [0.2, 0.25) is 0 Å². The van der Waals surface area contributed by atoms with E-state index < -0.39 is 44.9 Å². The SMILES string of the molecule is C[C@H](OC(=O)c1cc(S(=O)(=O)N(C)C)ccc1F)C(=O)NC(C)(C)C. The maximum atomic E-state index is 13.9. The van der Waals surface area contributed by atoms with Crippen molar-refractivity contribution >= 4 is 21.9 Å². The summed E-state index contributed by atoms with van der Waals surface area (Å²) in [6.45, 7) is 6.62. The number of sulfonamides is 1. The second kappa shape index (κ2) is 7.49. The van der Waals surface area contributed by atoms with E-state index in [0.717, 1.165) is 22.5 Å². The molecule has 9 heteroatoms. The van der Waals surface area contributed by atoms with E-state index in [0.29, 0.717) is 0 Å². The summed E-state index contributed by atoms with van der Waals surface area (Å²) < 4.78 is 44.0. The second-order valence-electron chi connectivity index (χ2n) is 6.72. The van der Waals surface area contributed by atoms with Crippen LogP contribution in [-0.2, 0) is 19.6 Å². The minimum Gasteiger partial charge on any atom is -0.449 e. The van der Waals surface area contributed by atoms with E-state index in [2.05, 4.69) is 5.32 Å². The highest BCUT2D eigenvalue weighted by molar-refractivity contribution is 7.89. The van der Waals surface area contributed by atoms with Crippen molar-refractivity contribution in [2.24, 2.45) is 0 Å². The molecule has 0 unspecified atom stereocenters. The topological polar surface area (TPSA) is 92.8 Å². The van der Waals surface area contributed by atoms with Gasteiger partial charge in [0.25, 0.3) is 5.91 Å². The fourth-order valence-electron chi connectivity index (χ4n) is 1.78. The fourth-order valence-corrected chi connectivity index (χ4v) is 2.71. The number of nitrogens with zero attached hydrogens (tertiary/aromatic N) is 1. The number of hydrogen-bond acceptors (Lipinski definition) is 5. The lowest BCUT2D eigenvalue weighted by atomic mass is 10.1. The molecule has 0 fully saturated rings. The zero-order chi connectivity index (χ0) is 19.6. The average Bonchev–Trinajstić information content (AvgIpc) is 2.45. The molecule has 0 heterocycles. The van der Waals surface area contributed by atoms with Gasteiger partial charge < -0.3 is 10.1 Å². The van der Waals surface area contributed by atoms with Crippen LogP contribution in [0.3, 0.4) is 0 Å². The van der Waals surface area contributed by atoms with Crippen LogP contribution in [0.5, 0.6) is 0 Å². The Balaban J connectivity index is 3.05. The summed E-state index contributed by atoms with van der Waals surface area (Å²) in [4.78, 5) is 23.8. The van der Waals surface area contributed by atoms with Crippen molar-refractivity contribution in [3.8, 4) is 0 Å². The highest BCUT2D eigenvalue weighted by Gasteiger charge is 2.26. The van der Waals surface area contributed by atoms with Gasteiger partial charge in [-0.3, -0.25) is 4.79 Å². The first-order chi connectivity index (χ1) is 11.3. The summed E-state index contributed by atoms with van der Waals surface area (Å²) in [6, 6.07) is 2.81. The summed E-state index contributed by atoms with van der Waals surface area (Å²) >= 11 is 0. The van der Waals surface area contributed by atoms with E-state index in [1.165, 1.54) is 21.0 Å². The predicted molar refractivity (Wildman–Crippen MR) is 90.0 cm³/mol. The van der Waals surface area contributed by atoms with Crippen molar-refractivity contribution < 1.29 is 27.1 Å². The van der Waals surface area contributed by atoms with Crippen LogP contribution in [0.4, 0.5) is 4.39 Å². The Morgan fingerprint density at radius 3 is 2.28 bits per heavy atom. The molecule has 25 heavy (non-hydrogen) atoms. The molecule has 0 bridgehead atoms. The van der Waals surface area contributed by atoms with Crippen LogP contribution in [0, 0.1) is 5.82 Å². The molecular formula is C16H23FN2O5S. The number of nitrogens with one attached hydrogen (secondary N) is 1. The van der Waals surface area contributed by atoms with Crippen LogP contribution in [-0.4, -0.2) is 50.3 Å². The lowest BCUT2D eigenvalue weighted by Gasteiger charge is -2.23. The normalized spacial score (nSPS) is 13.4. The number of amides is 1. The van der Waals surface area contributed by atoms with E-state index in [-0.39, 0.29) is 4.90 Å². The zero-order valence-electron chi connectivity index (χ0n) is 15.1. The molecule has 0 spiro atoms. The molecule has 0 radical (unpaired) electrons. The molecule has 1 atom stereocenters. The number of rotatable bonds is 5. The fraction of sp³-hybridized carbons (Fsp3) is 0.500. The van der Waals surface area contributed by atoms with E-state index in [1.807, 2.05) is 0 Å². The van der Waals surface area contributed by atoms with Gasteiger partial charge in [0.2, 0.25) is 10.0 Å². The summed E-state index contributed by atoms with van der Waals surface area (Å²) in [6.07, 6.45) is -1.17. The van der Waals surface area contributed by atoms with Gasteiger partial charge in [0.05, 0.1) is 10.5 Å². The van der Waals surface area contributed by atoms with Crippen molar-refractivity contribution in [3.05, 3.63) is 29.6 Å². The molecule has 0 saturated carbocycles. The first kappa shape index (κ1) is 21.0. The Labute approximate surface area is 147 Å². The van der Waals surface area contributed by atoms with Crippen LogP contribution >= 0.6 is 0 Å². The minimum absolute atomic E-state index is 0.252. The Kier molecular flexibility index (Phi) is 6.30. The van der Waals surface area contributed by atoms with Gasteiger partial charge in [0.15, 0.2) is 6.10 Å². The molecule has 7 nitrogen and oxygen atoms in total. The summed E-state index contributed by atoms with van der Waals surface area (Å²) in [7, 11) is -1.21. The van der Waals surface area contributed by atoms with Crippen molar-refractivity contribution in [1.82, 2.24) is 9.62 Å². The molecule has 0 saturated heterocycles.